The summed E-state index contributed by atoms with van der Waals surface area (Å²) in [5.41, 5.74) is 1.47. The van der Waals surface area contributed by atoms with Crippen LogP contribution in [0.15, 0.2) is 36.4 Å². The molecule has 20 heavy (non-hydrogen) atoms. The molecular weight excluding hydrogens is 276 g/mol. The lowest BCUT2D eigenvalue weighted by Gasteiger charge is -2.04. The van der Waals surface area contributed by atoms with Crippen molar-refractivity contribution in [3.63, 3.8) is 0 Å². The molecule has 1 aromatic carbocycles. The van der Waals surface area contributed by atoms with Crippen LogP contribution in [0, 0.1) is 11.3 Å². The number of nitrogens with one attached hydrogen (secondary N) is 1. The van der Waals surface area contributed by atoms with Crippen LogP contribution >= 0.6 is 11.3 Å². The second-order valence-corrected chi connectivity index (χ2v) is 5.04. The zero-order valence-electron chi connectivity index (χ0n) is 10.3. The SMILES string of the molecule is N#CCc1ccc(NC(=O)c2ccc(C(=O)O)s2)cc1. The molecule has 0 aliphatic heterocycles. The highest BCUT2D eigenvalue weighted by molar-refractivity contribution is 7.15. The third kappa shape index (κ3) is 3.22. The fourth-order valence-electron chi connectivity index (χ4n) is 1.56. The Labute approximate surface area is 119 Å². The van der Waals surface area contributed by atoms with E-state index in [9.17, 15) is 9.59 Å². The number of hydrogen-bond acceptors (Lipinski definition) is 4. The van der Waals surface area contributed by atoms with Gasteiger partial charge in [-0.05, 0) is 29.8 Å². The van der Waals surface area contributed by atoms with E-state index in [2.05, 4.69) is 5.32 Å². The molecule has 0 saturated carbocycles. The van der Waals surface area contributed by atoms with Crippen molar-refractivity contribution in [3.05, 3.63) is 51.7 Å². The number of aromatic carboxylic acids is 1. The quantitative estimate of drug-likeness (QED) is 0.904. The van der Waals surface area contributed by atoms with Gasteiger partial charge >= 0.3 is 5.97 Å². The minimum absolute atomic E-state index is 0.125. The second-order valence-electron chi connectivity index (χ2n) is 3.95. The van der Waals surface area contributed by atoms with E-state index in [4.69, 9.17) is 10.4 Å². The first-order chi connectivity index (χ1) is 9.60. The number of rotatable bonds is 4. The molecule has 2 N–H and O–H groups in total. The first-order valence-electron chi connectivity index (χ1n) is 5.70. The number of nitriles is 1. The van der Waals surface area contributed by atoms with Crippen LogP contribution in [-0.2, 0) is 6.42 Å². The Morgan fingerprint density at radius 3 is 2.35 bits per heavy atom. The number of benzene rings is 1. The number of nitrogens with zero attached hydrogens (tertiary/aromatic N) is 1. The highest BCUT2D eigenvalue weighted by atomic mass is 32.1. The molecule has 0 bridgehead atoms. The summed E-state index contributed by atoms with van der Waals surface area (Å²) in [6, 6.07) is 11.9. The zero-order valence-corrected chi connectivity index (χ0v) is 11.1. The molecule has 2 aromatic rings. The summed E-state index contributed by atoms with van der Waals surface area (Å²) >= 11 is 0.925. The monoisotopic (exact) mass is 286 g/mol. The first kappa shape index (κ1) is 13.8. The van der Waals surface area contributed by atoms with E-state index >= 15 is 0 Å². The third-order valence-electron chi connectivity index (χ3n) is 2.54. The number of hydrogen-bond donors (Lipinski definition) is 2. The van der Waals surface area contributed by atoms with Gasteiger partial charge in [0.15, 0.2) is 0 Å². The minimum Gasteiger partial charge on any atom is -0.477 e. The average molecular weight is 286 g/mol. The van der Waals surface area contributed by atoms with Crippen LogP contribution in [-0.4, -0.2) is 17.0 Å². The van der Waals surface area contributed by atoms with Crippen molar-refractivity contribution in [3.8, 4) is 6.07 Å². The van der Waals surface area contributed by atoms with E-state index in [1.165, 1.54) is 12.1 Å². The van der Waals surface area contributed by atoms with Crippen molar-refractivity contribution < 1.29 is 14.7 Å². The van der Waals surface area contributed by atoms with Gasteiger partial charge in [-0.3, -0.25) is 4.79 Å². The van der Waals surface area contributed by atoms with Crippen LogP contribution in [0.2, 0.25) is 0 Å². The number of carbonyl (C=O) groups is 2. The molecule has 1 heterocycles. The molecule has 0 radical (unpaired) electrons. The highest BCUT2D eigenvalue weighted by Crippen LogP contribution is 2.18. The van der Waals surface area contributed by atoms with Crippen LogP contribution in [0.5, 0.6) is 0 Å². The van der Waals surface area contributed by atoms with Crippen LogP contribution in [0.4, 0.5) is 5.69 Å². The fraction of sp³-hybridized carbons (Fsp3) is 0.0714. The Morgan fingerprint density at radius 1 is 1.15 bits per heavy atom. The summed E-state index contributed by atoms with van der Waals surface area (Å²) in [6.45, 7) is 0. The third-order valence-corrected chi connectivity index (χ3v) is 3.61. The predicted octanol–water partition coefficient (Wildman–Crippen LogP) is 2.76. The summed E-state index contributed by atoms with van der Waals surface area (Å²) in [7, 11) is 0. The largest absolute Gasteiger partial charge is 0.477 e. The van der Waals surface area contributed by atoms with E-state index in [-0.39, 0.29) is 10.8 Å². The number of thiophene rings is 1. The Morgan fingerprint density at radius 2 is 1.80 bits per heavy atom. The van der Waals surface area contributed by atoms with Gasteiger partial charge in [0.05, 0.1) is 17.4 Å². The molecule has 6 heteroatoms. The van der Waals surface area contributed by atoms with Gasteiger partial charge < -0.3 is 10.4 Å². The number of amides is 1. The second kappa shape index (κ2) is 5.99. The molecule has 100 valence electrons. The molecule has 0 atom stereocenters. The zero-order chi connectivity index (χ0) is 14.5. The lowest BCUT2D eigenvalue weighted by molar-refractivity contribution is 0.0702. The number of anilines is 1. The van der Waals surface area contributed by atoms with E-state index in [1.807, 2.05) is 6.07 Å². The smallest absolute Gasteiger partial charge is 0.345 e. The Kier molecular flexibility index (Phi) is 4.13. The van der Waals surface area contributed by atoms with E-state index < -0.39 is 5.97 Å². The number of carboxylic acid groups (broad SMARTS) is 1. The van der Waals surface area contributed by atoms with Crippen molar-refractivity contribution >= 4 is 28.9 Å². The van der Waals surface area contributed by atoms with Crippen molar-refractivity contribution in [2.75, 3.05) is 5.32 Å². The van der Waals surface area contributed by atoms with Crippen LogP contribution in [0.1, 0.15) is 24.9 Å². The Hall–Kier alpha value is -2.65. The minimum atomic E-state index is -1.05. The molecule has 0 aliphatic rings. The van der Waals surface area contributed by atoms with Crippen LogP contribution in [0.3, 0.4) is 0 Å². The highest BCUT2D eigenvalue weighted by Gasteiger charge is 2.12. The topological polar surface area (TPSA) is 90.2 Å². The normalized spacial score (nSPS) is 9.75. The standard InChI is InChI=1S/C14H10N2O3S/c15-8-7-9-1-3-10(4-2-9)16-13(17)11-5-6-12(20-11)14(18)19/h1-6H,7H2,(H,16,17)(H,18,19). The van der Waals surface area contributed by atoms with Gasteiger partial charge in [0.25, 0.3) is 5.91 Å². The van der Waals surface area contributed by atoms with Gasteiger partial charge in [-0.1, -0.05) is 12.1 Å². The number of carboxylic acids is 1. The van der Waals surface area contributed by atoms with Crippen molar-refractivity contribution in [2.45, 2.75) is 6.42 Å². The molecule has 0 fully saturated rings. The summed E-state index contributed by atoms with van der Waals surface area (Å²) in [5.74, 6) is -1.40. The maximum absolute atomic E-state index is 11.9. The Bertz CT molecular complexity index is 683. The molecule has 1 aromatic heterocycles. The lowest BCUT2D eigenvalue weighted by atomic mass is 10.1. The molecule has 1 amide bonds. The van der Waals surface area contributed by atoms with Gasteiger partial charge in [-0.25, -0.2) is 4.79 Å². The molecule has 0 saturated heterocycles. The van der Waals surface area contributed by atoms with Gasteiger partial charge in [-0.2, -0.15) is 5.26 Å². The summed E-state index contributed by atoms with van der Waals surface area (Å²) < 4.78 is 0. The van der Waals surface area contributed by atoms with E-state index in [0.717, 1.165) is 16.9 Å². The van der Waals surface area contributed by atoms with Crippen LogP contribution < -0.4 is 5.32 Å². The van der Waals surface area contributed by atoms with Gasteiger partial charge in [0.1, 0.15) is 4.88 Å². The lowest BCUT2D eigenvalue weighted by Crippen LogP contribution is -2.09. The molecule has 0 spiro atoms. The van der Waals surface area contributed by atoms with E-state index in [0.29, 0.717) is 17.0 Å². The van der Waals surface area contributed by atoms with Crippen molar-refractivity contribution in [2.24, 2.45) is 0 Å². The molecular formula is C14H10N2O3S. The summed E-state index contributed by atoms with van der Waals surface area (Å²) in [6.07, 6.45) is 0.321. The van der Waals surface area contributed by atoms with Crippen molar-refractivity contribution in [1.82, 2.24) is 0 Å². The maximum Gasteiger partial charge on any atom is 0.345 e. The van der Waals surface area contributed by atoms with Gasteiger partial charge in [0, 0.05) is 5.69 Å². The fourth-order valence-corrected chi connectivity index (χ4v) is 2.30. The molecule has 2 rings (SSSR count). The van der Waals surface area contributed by atoms with Crippen molar-refractivity contribution in [1.29, 1.82) is 5.26 Å². The van der Waals surface area contributed by atoms with Gasteiger partial charge in [-0.15, -0.1) is 11.3 Å². The maximum atomic E-state index is 11.9. The molecule has 5 nitrogen and oxygen atoms in total. The summed E-state index contributed by atoms with van der Waals surface area (Å²) in [5, 5.41) is 20.0. The average Bonchev–Trinajstić information content (AvgIpc) is 2.91. The Balaban J connectivity index is 2.07. The molecule has 0 aliphatic carbocycles. The number of carbonyl (C=O) groups excluding carboxylic acids is 1. The van der Waals surface area contributed by atoms with Gasteiger partial charge in [0.2, 0.25) is 0 Å². The van der Waals surface area contributed by atoms with E-state index in [1.54, 1.807) is 24.3 Å². The molecule has 0 unspecified atom stereocenters. The first-order valence-corrected chi connectivity index (χ1v) is 6.52. The van der Waals surface area contributed by atoms with Crippen LogP contribution in [0.25, 0.3) is 0 Å². The predicted molar refractivity (Wildman–Crippen MR) is 75.0 cm³/mol. The summed E-state index contributed by atoms with van der Waals surface area (Å²) in [4.78, 5) is 23.1.